The second kappa shape index (κ2) is 8.70. The molecule has 0 unspecified atom stereocenters. The summed E-state index contributed by atoms with van der Waals surface area (Å²) < 4.78 is 26.5. The average molecular weight is 475 g/mol. The largest absolute Gasteiger partial charge is 0.369 e. The van der Waals surface area contributed by atoms with Crippen molar-refractivity contribution < 1.29 is 23.6 Å². The van der Waals surface area contributed by atoms with Crippen LogP contribution in [-0.4, -0.2) is 61.4 Å². The van der Waals surface area contributed by atoms with E-state index in [1.54, 1.807) is 12.1 Å². The number of benzene rings is 1. The summed E-state index contributed by atoms with van der Waals surface area (Å²) in [5, 5.41) is 0. The van der Waals surface area contributed by atoms with Crippen LogP contribution >= 0.6 is 0 Å². The number of anilines is 1. The van der Waals surface area contributed by atoms with Crippen molar-refractivity contribution in [2.24, 2.45) is 23.7 Å². The summed E-state index contributed by atoms with van der Waals surface area (Å²) in [6.07, 6.45) is 5.14. The van der Waals surface area contributed by atoms with Gasteiger partial charge in [0.2, 0.25) is 5.79 Å². The molecule has 1 aromatic rings. The van der Waals surface area contributed by atoms with Crippen LogP contribution in [0, 0.1) is 29.5 Å². The van der Waals surface area contributed by atoms with Crippen LogP contribution in [0.2, 0.25) is 0 Å². The van der Waals surface area contributed by atoms with E-state index in [2.05, 4.69) is 23.6 Å². The summed E-state index contributed by atoms with van der Waals surface area (Å²) in [7, 11) is 0. The maximum Gasteiger partial charge on any atom is 0.201 e. The fourth-order valence-corrected chi connectivity index (χ4v) is 7.50. The van der Waals surface area contributed by atoms with Gasteiger partial charge in [-0.15, -0.1) is 0 Å². The molecule has 8 atom stereocenters. The van der Waals surface area contributed by atoms with Crippen LogP contribution in [0.3, 0.4) is 0 Å². The number of hydrogen-bond donors (Lipinski definition) is 0. The topological polar surface area (TPSA) is 43.4 Å². The molecule has 0 amide bonds. The first kappa shape index (κ1) is 23.2. The van der Waals surface area contributed by atoms with E-state index in [0.29, 0.717) is 23.7 Å². The number of nitrogens with zero attached hydrogens (tertiary/aromatic N) is 2. The summed E-state index contributed by atoms with van der Waals surface area (Å²) in [5.41, 5.74) is 0.637. The van der Waals surface area contributed by atoms with Gasteiger partial charge in [0, 0.05) is 50.7 Å². The van der Waals surface area contributed by atoms with E-state index in [9.17, 15) is 4.39 Å². The molecule has 2 bridgehead atoms. The lowest BCUT2D eigenvalue weighted by molar-refractivity contribution is -0.571. The van der Waals surface area contributed by atoms with Crippen LogP contribution in [0.15, 0.2) is 24.3 Å². The molecule has 1 aliphatic carbocycles. The molecule has 7 rings (SSSR count). The lowest BCUT2D eigenvalue weighted by Crippen LogP contribution is -2.70. The molecule has 188 valence electrons. The Bertz CT molecular complexity index is 878. The van der Waals surface area contributed by atoms with Crippen LogP contribution < -0.4 is 4.90 Å². The molecule has 5 aliphatic heterocycles. The first-order valence-corrected chi connectivity index (χ1v) is 13.3. The highest BCUT2D eigenvalue weighted by atomic mass is 19.1. The van der Waals surface area contributed by atoms with Crippen LogP contribution in [0.5, 0.6) is 0 Å². The van der Waals surface area contributed by atoms with E-state index in [0.717, 1.165) is 64.1 Å². The van der Waals surface area contributed by atoms with Crippen LogP contribution in [0.1, 0.15) is 52.9 Å². The van der Waals surface area contributed by atoms with Gasteiger partial charge in [0.1, 0.15) is 5.82 Å². The van der Waals surface area contributed by atoms with Crippen LogP contribution in [0.4, 0.5) is 10.1 Å². The molecule has 7 heteroatoms. The zero-order chi connectivity index (χ0) is 23.5. The minimum Gasteiger partial charge on any atom is -0.369 e. The Morgan fingerprint density at radius 1 is 0.971 bits per heavy atom. The van der Waals surface area contributed by atoms with Crippen molar-refractivity contribution in [1.29, 1.82) is 0 Å². The van der Waals surface area contributed by atoms with Gasteiger partial charge in [-0.2, -0.15) is 0 Å². The summed E-state index contributed by atoms with van der Waals surface area (Å²) in [6, 6.07) is 6.85. The second-order valence-electron chi connectivity index (χ2n) is 11.5. The fourth-order valence-electron chi connectivity index (χ4n) is 7.50. The highest BCUT2D eigenvalue weighted by Gasteiger charge is 2.69. The third-order valence-corrected chi connectivity index (χ3v) is 9.59. The number of rotatable bonds is 4. The predicted octanol–water partition coefficient (Wildman–Crippen LogP) is 4.59. The van der Waals surface area contributed by atoms with E-state index in [1.165, 1.54) is 6.42 Å². The lowest BCUT2D eigenvalue weighted by Gasteiger charge is -2.60. The maximum absolute atomic E-state index is 13.3. The van der Waals surface area contributed by atoms with Crippen molar-refractivity contribution in [3.05, 3.63) is 30.1 Å². The van der Waals surface area contributed by atoms with E-state index in [1.807, 2.05) is 19.1 Å². The van der Waals surface area contributed by atoms with Crippen molar-refractivity contribution in [3.63, 3.8) is 0 Å². The van der Waals surface area contributed by atoms with Crippen molar-refractivity contribution in [2.75, 3.05) is 37.6 Å². The van der Waals surface area contributed by atoms with Gasteiger partial charge in [-0.1, -0.05) is 13.8 Å². The first-order chi connectivity index (χ1) is 16.4. The second-order valence-corrected chi connectivity index (χ2v) is 11.5. The summed E-state index contributed by atoms with van der Waals surface area (Å²) in [4.78, 5) is 17.1. The van der Waals surface area contributed by atoms with E-state index < -0.39 is 11.4 Å². The third kappa shape index (κ3) is 3.79. The van der Waals surface area contributed by atoms with Crippen LogP contribution in [-0.2, 0) is 19.2 Å². The van der Waals surface area contributed by atoms with Gasteiger partial charge in [-0.3, -0.25) is 4.90 Å². The molecule has 0 aromatic heterocycles. The quantitative estimate of drug-likeness (QED) is 0.595. The van der Waals surface area contributed by atoms with Gasteiger partial charge in [-0.25, -0.2) is 14.2 Å². The van der Waals surface area contributed by atoms with Gasteiger partial charge in [0.25, 0.3) is 0 Å². The first-order valence-electron chi connectivity index (χ1n) is 13.3. The van der Waals surface area contributed by atoms with Crippen molar-refractivity contribution in [3.8, 4) is 0 Å². The Morgan fingerprint density at radius 3 is 2.50 bits per heavy atom. The minimum absolute atomic E-state index is 0.163. The van der Waals surface area contributed by atoms with Crippen LogP contribution in [0.25, 0.3) is 0 Å². The Balaban J connectivity index is 1.11. The normalized spacial score (nSPS) is 44.5. The standard InChI is InChI=1S/C27H39FN2O4/c1-18-4-9-23-19(2)24(31-25-27(23)22(18)10-12-26(3,32-25)33-34-27)11-13-29-14-16-30(17-15-29)21-7-5-20(28)6-8-21/h5-8,18-19,22-25H,4,9-17H2,1-3H3/t18-,19-,22+,23+,24-,25-,26+,27-/m1/s1. The number of piperazine rings is 1. The Labute approximate surface area is 202 Å². The zero-order valence-electron chi connectivity index (χ0n) is 20.7. The monoisotopic (exact) mass is 474 g/mol. The molecule has 5 heterocycles. The number of halogens is 1. The van der Waals surface area contributed by atoms with Gasteiger partial charge in [-0.05, 0) is 74.6 Å². The van der Waals surface area contributed by atoms with E-state index in [-0.39, 0.29) is 18.2 Å². The SMILES string of the molecule is C[C@H]1[C@@H](CCN2CCN(c3ccc(F)cc3)CC2)O[C@@H]2O[C@]3(C)CC[C@H]4[C@H](C)CC[C@@H]1[C@@]24OO3. The molecule has 1 saturated carbocycles. The molecule has 0 radical (unpaired) electrons. The van der Waals surface area contributed by atoms with Gasteiger partial charge in [0.15, 0.2) is 11.9 Å². The molecule has 5 saturated heterocycles. The van der Waals surface area contributed by atoms with Crippen molar-refractivity contribution in [1.82, 2.24) is 4.90 Å². The molecule has 0 N–H and O–H groups in total. The third-order valence-electron chi connectivity index (χ3n) is 9.59. The van der Waals surface area contributed by atoms with Gasteiger partial charge < -0.3 is 14.4 Å². The van der Waals surface area contributed by atoms with Gasteiger partial charge >= 0.3 is 0 Å². The number of hydrogen-bond acceptors (Lipinski definition) is 6. The Kier molecular flexibility index (Phi) is 5.93. The van der Waals surface area contributed by atoms with E-state index in [4.69, 9.17) is 19.2 Å². The van der Waals surface area contributed by atoms with E-state index >= 15 is 0 Å². The molecule has 1 spiro atoms. The molecule has 6 nitrogen and oxygen atoms in total. The Hall–Kier alpha value is -1.25. The highest BCUT2D eigenvalue weighted by molar-refractivity contribution is 5.46. The fraction of sp³-hybridized carbons (Fsp3) is 0.778. The summed E-state index contributed by atoms with van der Waals surface area (Å²) in [5.74, 6) is 0.928. The minimum atomic E-state index is -0.709. The van der Waals surface area contributed by atoms with Crippen molar-refractivity contribution in [2.45, 2.75) is 76.7 Å². The molecule has 6 aliphatic rings. The molecule has 34 heavy (non-hydrogen) atoms. The zero-order valence-corrected chi connectivity index (χ0v) is 20.7. The smallest absolute Gasteiger partial charge is 0.201 e. The van der Waals surface area contributed by atoms with Crippen molar-refractivity contribution >= 4 is 5.69 Å². The maximum atomic E-state index is 13.3. The van der Waals surface area contributed by atoms with Gasteiger partial charge in [0.05, 0.1) is 6.10 Å². The number of ether oxygens (including phenoxy) is 2. The average Bonchev–Trinajstić information content (AvgIpc) is 3.07. The molecular formula is C27H39FN2O4. The predicted molar refractivity (Wildman–Crippen MR) is 126 cm³/mol. The summed E-state index contributed by atoms with van der Waals surface area (Å²) >= 11 is 0. The molecule has 6 fully saturated rings. The lowest BCUT2D eigenvalue weighted by atomic mass is 9.57. The molecule has 1 aromatic carbocycles. The Morgan fingerprint density at radius 2 is 1.74 bits per heavy atom. The molecular weight excluding hydrogens is 435 g/mol. The highest BCUT2D eigenvalue weighted by Crippen LogP contribution is 2.60. The summed E-state index contributed by atoms with van der Waals surface area (Å²) in [6.45, 7) is 11.7. The number of fused-ring (bicyclic) bond motifs is 2.